The first kappa shape index (κ1) is 29.1. The van der Waals surface area contributed by atoms with Gasteiger partial charge in [0, 0.05) is 64.9 Å². The molecular formula is C48H30BN3S. The number of hydrogen-bond acceptors (Lipinski definition) is 3. The van der Waals surface area contributed by atoms with Gasteiger partial charge in [0.2, 0.25) is 0 Å². The van der Waals surface area contributed by atoms with Crippen LogP contribution in [0.15, 0.2) is 182 Å². The van der Waals surface area contributed by atoms with E-state index in [1.165, 1.54) is 86.8 Å². The van der Waals surface area contributed by atoms with Crippen molar-refractivity contribution in [2.45, 2.75) is 0 Å². The van der Waals surface area contributed by atoms with Crippen LogP contribution in [0.25, 0.3) is 58.8 Å². The summed E-state index contributed by atoms with van der Waals surface area (Å²) >= 11 is 1.89. The molecule has 8 aromatic carbocycles. The molecule has 4 heterocycles. The summed E-state index contributed by atoms with van der Waals surface area (Å²) in [7, 11) is 0. The molecular weight excluding hydrogens is 661 g/mol. The van der Waals surface area contributed by atoms with Crippen molar-refractivity contribution in [3.8, 4) is 16.8 Å². The van der Waals surface area contributed by atoms with Crippen LogP contribution in [0.4, 0.5) is 28.4 Å². The monoisotopic (exact) mass is 691 g/mol. The fourth-order valence-corrected chi connectivity index (χ4v) is 10.4. The third kappa shape index (κ3) is 3.95. The smallest absolute Gasteiger partial charge is 0.333 e. The van der Waals surface area contributed by atoms with Gasteiger partial charge in [-0.3, -0.25) is 0 Å². The summed E-state index contributed by atoms with van der Waals surface area (Å²) in [6.07, 6.45) is 0. The highest BCUT2D eigenvalue weighted by molar-refractivity contribution is 7.26. The first-order valence-corrected chi connectivity index (χ1v) is 19.1. The zero-order valence-corrected chi connectivity index (χ0v) is 29.5. The van der Waals surface area contributed by atoms with Gasteiger partial charge in [-0.25, -0.2) is 0 Å². The quantitative estimate of drug-likeness (QED) is 0.170. The molecule has 0 unspecified atom stereocenters. The molecule has 0 atom stereocenters. The summed E-state index contributed by atoms with van der Waals surface area (Å²) in [4.78, 5) is 5.09. The molecule has 2 aromatic heterocycles. The normalized spacial score (nSPS) is 12.8. The number of rotatable bonds is 4. The molecule has 2 aliphatic rings. The predicted molar refractivity (Wildman–Crippen MR) is 227 cm³/mol. The number of hydrogen-bond donors (Lipinski definition) is 0. The van der Waals surface area contributed by atoms with Crippen LogP contribution in [-0.4, -0.2) is 11.4 Å². The molecule has 0 fully saturated rings. The Balaban J connectivity index is 1.34. The molecule has 3 nitrogen and oxygen atoms in total. The van der Waals surface area contributed by atoms with E-state index in [4.69, 9.17) is 0 Å². The Labute approximate surface area is 311 Å². The zero-order chi connectivity index (χ0) is 34.6. The summed E-state index contributed by atoms with van der Waals surface area (Å²) in [6, 6.07) is 67.0. The van der Waals surface area contributed by atoms with Gasteiger partial charge in [0.25, 0.3) is 0 Å². The summed E-state index contributed by atoms with van der Waals surface area (Å²) in [5.74, 6) is 0. The lowest BCUT2D eigenvalue weighted by Crippen LogP contribution is -2.60. The van der Waals surface area contributed by atoms with E-state index in [9.17, 15) is 0 Å². The summed E-state index contributed by atoms with van der Waals surface area (Å²) in [5.41, 5.74) is 14.9. The molecule has 10 aromatic rings. The van der Waals surface area contributed by atoms with E-state index in [2.05, 4.69) is 196 Å². The van der Waals surface area contributed by atoms with Gasteiger partial charge in [-0.2, -0.15) is 0 Å². The van der Waals surface area contributed by atoms with E-state index >= 15 is 0 Å². The van der Waals surface area contributed by atoms with Crippen LogP contribution in [0.1, 0.15) is 0 Å². The Morgan fingerprint density at radius 3 is 1.92 bits per heavy atom. The van der Waals surface area contributed by atoms with Crippen molar-refractivity contribution in [2.24, 2.45) is 0 Å². The Kier molecular flexibility index (Phi) is 6.02. The van der Waals surface area contributed by atoms with Crippen LogP contribution in [0.5, 0.6) is 0 Å². The Bertz CT molecular complexity index is 3040. The van der Waals surface area contributed by atoms with E-state index in [1.54, 1.807) is 0 Å². The highest BCUT2D eigenvalue weighted by Crippen LogP contribution is 2.53. The Hall–Kier alpha value is -6.56. The van der Waals surface area contributed by atoms with Gasteiger partial charge < -0.3 is 14.3 Å². The van der Waals surface area contributed by atoms with Crippen molar-refractivity contribution < 1.29 is 0 Å². The zero-order valence-electron chi connectivity index (χ0n) is 28.6. The van der Waals surface area contributed by atoms with Crippen molar-refractivity contribution in [3.05, 3.63) is 182 Å². The molecule has 53 heavy (non-hydrogen) atoms. The Morgan fingerprint density at radius 1 is 0.509 bits per heavy atom. The van der Waals surface area contributed by atoms with Crippen LogP contribution < -0.4 is 20.6 Å². The average Bonchev–Trinajstić information content (AvgIpc) is 3.78. The van der Waals surface area contributed by atoms with E-state index < -0.39 is 0 Å². The maximum Gasteiger partial charge on any atom is 0.333 e. The van der Waals surface area contributed by atoms with Crippen molar-refractivity contribution in [1.29, 1.82) is 0 Å². The first-order chi connectivity index (χ1) is 26.3. The van der Waals surface area contributed by atoms with Gasteiger partial charge in [-0.1, -0.05) is 109 Å². The number of benzene rings is 8. The van der Waals surface area contributed by atoms with Gasteiger partial charge in [0.05, 0.1) is 16.7 Å². The molecule has 246 valence electrons. The SMILES string of the molecule is c1ccc(N2B3c4ccccc4-n4c5ccccc5c5c(N(c6ccccc6)c6ccccc6)cc(c3c54)-c3c2ccc2sc4ccccc4c32)cc1. The third-order valence-electron chi connectivity index (χ3n) is 11.3. The molecule has 0 aliphatic carbocycles. The largest absolute Gasteiger partial charge is 0.376 e. The molecule has 0 bridgehead atoms. The van der Waals surface area contributed by atoms with Crippen LogP contribution in [0.2, 0.25) is 0 Å². The maximum absolute atomic E-state index is 2.62. The second kappa shape index (κ2) is 11.0. The topological polar surface area (TPSA) is 11.4 Å². The standard InChI is InChI=1S/C48H30BN3S/c1-4-16-31(17-5-1)50(32-18-6-2-7-19-32)41-30-36-44-40(28-29-43-46(44)35-23-11-15-27-42(35)53-43)52(33-20-8-3-9-21-33)49-37-24-12-14-26-39(37)51-38-25-13-10-22-34(38)45(41)48(51)47(36)49/h1-30H. The van der Waals surface area contributed by atoms with Crippen LogP contribution in [0.3, 0.4) is 0 Å². The first-order valence-electron chi connectivity index (χ1n) is 18.2. The van der Waals surface area contributed by atoms with Crippen molar-refractivity contribution in [3.63, 3.8) is 0 Å². The van der Waals surface area contributed by atoms with Crippen molar-refractivity contribution in [2.75, 3.05) is 9.71 Å². The molecule has 0 saturated heterocycles. The fraction of sp³-hybridized carbons (Fsp3) is 0. The number of nitrogens with zero attached hydrogens (tertiary/aromatic N) is 3. The minimum absolute atomic E-state index is 0.0336. The van der Waals surface area contributed by atoms with Crippen LogP contribution in [-0.2, 0) is 0 Å². The van der Waals surface area contributed by atoms with Gasteiger partial charge in [0.1, 0.15) is 0 Å². The molecule has 0 spiro atoms. The molecule has 0 radical (unpaired) electrons. The highest BCUT2D eigenvalue weighted by Gasteiger charge is 2.45. The van der Waals surface area contributed by atoms with Crippen LogP contribution in [0, 0.1) is 0 Å². The number of para-hydroxylation sites is 5. The second-order valence-electron chi connectivity index (χ2n) is 14.0. The summed E-state index contributed by atoms with van der Waals surface area (Å²) < 4.78 is 5.19. The fourth-order valence-electron chi connectivity index (χ4n) is 9.30. The van der Waals surface area contributed by atoms with E-state index in [0.717, 1.165) is 11.4 Å². The third-order valence-corrected chi connectivity index (χ3v) is 12.5. The lowest BCUT2D eigenvalue weighted by atomic mass is 9.44. The highest BCUT2D eigenvalue weighted by atomic mass is 32.1. The number of aromatic nitrogens is 1. The number of fused-ring (bicyclic) bond motifs is 12. The summed E-state index contributed by atoms with van der Waals surface area (Å²) in [5, 5.41) is 5.16. The second-order valence-corrected chi connectivity index (χ2v) is 15.1. The van der Waals surface area contributed by atoms with Gasteiger partial charge in [-0.15, -0.1) is 11.3 Å². The molecule has 0 N–H and O–H groups in total. The number of thiophene rings is 1. The van der Waals surface area contributed by atoms with Gasteiger partial charge in [-0.05, 0) is 89.3 Å². The molecule has 2 aliphatic heterocycles. The summed E-state index contributed by atoms with van der Waals surface area (Å²) in [6.45, 7) is -0.0336. The van der Waals surface area contributed by atoms with Crippen molar-refractivity contribution >= 4 is 99.5 Å². The van der Waals surface area contributed by atoms with E-state index in [0.29, 0.717) is 0 Å². The van der Waals surface area contributed by atoms with Gasteiger partial charge >= 0.3 is 6.85 Å². The van der Waals surface area contributed by atoms with Crippen LogP contribution >= 0.6 is 11.3 Å². The van der Waals surface area contributed by atoms with Crippen molar-refractivity contribution in [1.82, 2.24) is 4.57 Å². The number of anilines is 5. The molecule has 0 saturated carbocycles. The molecule has 12 rings (SSSR count). The average molecular weight is 692 g/mol. The van der Waals surface area contributed by atoms with Gasteiger partial charge in [0.15, 0.2) is 0 Å². The Morgan fingerprint density at radius 2 is 1.15 bits per heavy atom. The lowest BCUT2D eigenvalue weighted by Gasteiger charge is -2.42. The van der Waals surface area contributed by atoms with E-state index in [1.807, 2.05) is 11.3 Å². The van der Waals surface area contributed by atoms with E-state index in [-0.39, 0.29) is 6.85 Å². The molecule has 0 amide bonds. The maximum atomic E-state index is 2.62. The minimum Gasteiger partial charge on any atom is -0.376 e. The molecule has 5 heteroatoms. The minimum atomic E-state index is -0.0336. The predicted octanol–water partition coefficient (Wildman–Crippen LogP) is 11.9. The lowest BCUT2D eigenvalue weighted by molar-refractivity contribution is 1.18.